The fourth-order valence-corrected chi connectivity index (χ4v) is 3.68. The van der Waals surface area contributed by atoms with Crippen molar-refractivity contribution in [2.45, 2.75) is 25.4 Å². The molecule has 1 aliphatic heterocycles. The number of hydrogen-bond donors (Lipinski definition) is 1. The largest absolute Gasteiger partial charge is 0.438 e. The van der Waals surface area contributed by atoms with E-state index in [1.165, 1.54) is 12.1 Å². The lowest BCUT2D eigenvalue weighted by Crippen LogP contribution is -2.36. The molecule has 1 N–H and O–H groups in total. The van der Waals surface area contributed by atoms with E-state index in [2.05, 4.69) is 10.3 Å². The van der Waals surface area contributed by atoms with Crippen molar-refractivity contribution in [3.63, 3.8) is 0 Å². The highest BCUT2D eigenvalue weighted by atomic mass is 19.1. The summed E-state index contributed by atoms with van der Waals surface area (Å²) in [6, 6.07) is 12.4. The molecule has 1 aliphatic rings. The zero-order valence-corrected chi connectivity index (χ0v) is 15.6. The highest BCUT2D eigenvalue weighted by molar-refractivity contribution is 5.90. The molecule has 1 aromatic heterocycles. The molecule has 0 radical (unpaired) electrons. The summed E-state index contributed by atoms with van der Waals surface area (Å²) < 4.78 is 19.0. The molecule has 0 bridgehead atoms. The van der Waals surface area contributed by atoms with Crippen LogP contribution in [0, 0.1) is 11.7 Å². The molecule has 0 spiro atoms. The number of para-hydroxylation sites is 2. The Morgan fingerprint density at radius 3 is 2.68 bits per heavy atom. The first-order chi connectivity index (χ1) is 13.4. The van der Waals surface area contributed by atoms with Crippen molar-refractivity contribution in [3.05, 3.63) is 65.8 Å². The number of halogens is 1. The first-order valence-electron chi connectivity index (χ1n) is 9.11. The minimum Gasteiger partial charge on any atom is -0.438 e. The Balaban J connectivity index is 1.55. The molecule has 1 fully saturated rings. The lowest BCUT2D eigenvalue weighted by molar-refractivity contribution is -0.128. The molecular formula is C21H20FN3O3. The molecule has 2 aromatic carbocycles. The predicted octanol–water partition coefficient (Wildman–Crippen LogP) is 3.36. The van der Waals surface area contributed by atoms with Crippen LogP contribution in [0.1, 0.15) is 36.9 Å². The van der Waals surface area contributed by atoms with Crippen LogP contribution in [0.4, 0.5) is 4.39 Å². The average molecular weight is 381 g/mol. The van der Waals surface area contributed by atoms with Crippen LogP contribution in [-0.4, -0.2) is 28.7 Å². The molecule has 0 aliphatic carbocycles. The predicted molar refractivity (Wildman–Crippen MR) is 101 cm³/mol. The summed E-state index contributed by atoms with van der Waals surface area (Å²) in [6.07, 6.45) is 0.102. The maximum Gasteiger partial charge on any atom is 0.226 e. The Morgan fingerprint density at radius 2 is 1.96 bits per heavy atom. The second-order valence-corrected chi connectivity index (χ2v) is 7.06. The van der Waals surface area contributed by atoms with Gasteiger partial charge in [0.2, 0.25) is 17.7 Å². The number of fused-ring (bicyclic) bond motifs is 1. The van der Waals surface area contributed by atoms with Gasteiger partial charge in [0, 0.05) is 13.5 Å². The van der Waals surface area contributed by atoms with E-state index < -0.39 is 18.0 Å². The van der Waals surface area contributed by atoms with Crippen molar-refractivity contribution in [1.29, 1.82) is 0 Å². The fourth-order valence-electron chi connectivity index (χ4n) is 3.68. The van der Waals surface area contributed by atoms with Crippen LogP contribution in [0.5, 0.6) is 0 Å². The zero-order chi connectivity index (χ0) is 19.8. The molecule has 0 saturated carbocycles. The normalized spacial score (nSPS) is 20.5. The second kappa shape index (κ2) is 7.07. The molecule has 3 aromatic rings. The van der Waals surface area contributed by atoms with Gasteiger partial charge in [-0.3, -0.25) is 9.59 Å². The highest BCUT2D eigenvalue weighted by Crippen LogP contribution is 2.37. The minimum atomic E-state index is -0.574. The van der Waals surface area contributed by atoms with Gasteiger partial charge >= 0.3 is 0 Å². The van der Waals surface area contributed by atoms with E-state index in [0.717, 1.165) is 11.1 Å². The van der Waals surface area contributed by atoms with E-state index >= 15 is 0 Å². The summed E-state index contributed by atoms with van der Waals surface area (Å²) >= 11 is 0. The summed E-state index contributed by atoms with van der Waals surface area (Å²) in [5.41, 5.74) is 2.10. The molecule has 28 heavy (non-hydrogen) atoms. The van der Waals surface area contributed by atoms with Crippen molar-refractivity contribution >= 4 is 22.9 Å². The first-order valence-corrected chi connectivity index (χ1v) is 9.11. The van der Waals surface area contributed by atoms with Gasteiger partial charge in [0.1, 0.15) is 17.4 Å². The van der Waals surface area contributed by atoms with Gasteiger partial charge in [-0.25, -0.2) is 9.37 Å². The SMILES string of the molecule is CC(NC(=O)C1CC(=O)N(C)C1c1ccc(F)cc1)c1nc2ccccc2o1. The summed E-state index contributed by atoms with van der Waals surface area (Å²) in [4.78, 5) is 31.2. The summed E-state index contributed by atoms with van der Waals surface area (Å²) in [5.74, 6) is -0.910. The van der Waals surface area contributed by atoms with E-state index in [1.807, 2.05) is 24.3 Å². The van der Waals surface area contributed by atoms with Crippen molar-refractivity contribution in [1.82, 2.24) is 15.2 Å². The smallest absolute Gasteiger partial charge is 0.226 e. The summed E-state index contributed by atoms with van der Waals surface area (Å²) in [5, 5.41) is 2.90. The maximum absolute atomic E-state index is 13.3. The Hall–Kier alpha value is -3.22. The molecule has 3 unspecified atom stereocenters. The van der Waals surface area contributed by atoms with Gasteiger partial charge in [0.15, 0.2) is 5.58 Å². The number of hydrogen-bond acceptors (Lipinski definition) is 4. The number of carbonyl (C=O) groups excluding carboxylic acids is 2. The van der Waals surface area contributed by atoms with Gasteiger partial charge in [-0.05, 0) is 36.8 Å². The maximum atomic E-state index is 13.3. The molecule has 6 nitrogen and oxygen atoms in total. The summed E-state index contributed by atoms with van der Waals surface area (Å²) in [7, 11) is 1.66. The Bertz CT molecular complexity index is 998. The van der Waals surface area contributed by atoms with E-state index in [0.29, 0.717) is 11.5 Å². The third-order valence-electron chi connectivity index (χ3n) is 5.17. The van der Waals surface area contributed by atoms with Crippen LogP contribution in [0.3, 0.4) is 0 Å². The molecule has 2 heterocycles. The van der Waals surface area contributed by atoms with Crippen molar-refractivity contribution in [3.8, 4) is 0 Å². The molecule has 1 saturated heterocycles. The lowest BCUT2D eigenvalue weighted by Gasteiger charge is -2.25. The number of benzene rings is 2. The van der Waals surface area contributed by atoms with Crippen molar-refractivity contribution in [2.75, 3.05) is 7.05 Å². The number of aromatic nitrogens is 1. The van der Waals surface area contributed by atoms with Crippen LogP contribution in [0.15, 0.2) is 52.9 Å². The van der Waals surface area contributed by atoms with Crippen molar-refractivity contribution < 1.29 is 18.4 Å². The fraction of sp³-hybridized carbons (Fsp3) is 0.286. The lowest BCUT2D eigenvalue weighted by atomic mass is 9.92. The number of likely N-dealkylation sites (tertiary alicyclic amines) is 1. The standard InChI is InChI=1S/C21H20FN3O3/c1-12(21-24-16-5-3-4-6-17(16)28-21)23-20(27)15-11-18(26)25(2)19(15)13-7-9-14(22)10-8-13/h3-10,12,15,19H,11H2,1-2H3,(H,23,27). The minimum absolute atomic E-state index is 0.102. The van der Waals surface area contributed by atoms with Gasteiger partial charge in [0.25, 0.3) is 0 Å². The number of oxazole rings is 1. The van der Waals surface area contributed by atoms with Crippen LogP contribution in [0.25, 0.3) is 11.1 Å². The molecule has 7 heteroatoms. The Kier molecular flexibility index (Phi) is 4.58. The molecule has 2 amide bonds. The quantitative estimate of drug-likeness (QED) is 0.752. The topological polar surface area (TPSA) is 75.4 Å². The molecular weight excluding hydrogens is 361 g/mol. The van der Waals surface area contributed by atoms with Crippen LogP contribution in [-0.2, 0) is 9.59 Å². The zero-order valence-electron chi connectivity index (χ0n) is 15.6. The second-order valence-electron chi connectivity index (χ2n) is 7.06. The molecule has 4 rings (SSSR count). The third kappa shape index (κ3) is 3.24. The first kappa shape index (κ1) is 18.2. The van der Waals surface area contributed by atoms with Gasteiger partial charge in [-0.15, -0.1) is 0 Å². The number of nitrogens with zero attached hydrogens (tertiary/aromatic N) is 2. The van der Waals surface area contributed by atoms with Crippen LogP contribution >= 0.6 is 0 Å². The van der Waals surface area contributed by atoms with E-state index in [-0.39, 0.29) is 24.1 Å². The van der Waals surface area contributed by atoms with Gasteiger partial charge in [-0.2, -0.15) is 0 Å². The average Bonchev–Trinajstić information content (AvgIpc) is 3.24. The number of carbonyl (C=O) groups is 2. The number of amides is 2. The Morgan fingerprint density at radius 1 is 1.25 bits per heavy atom. The third-order valence-corrected chi connectivity index (χ3v) is 5.17. The van der Waals surface area contributed by atoms with Gasteiger partial charge < -0.3 is 14.6 Å². The van der Waals surface area contributed by atoms with Gasteiger partial charge in [-0.1, -0.05) is 24.3 Å². The Labute approximate surface area is 161 Å². The number of nitrogens with one attached hydrogen (secondary N) is 1. The summed E-state index contributed by atoms with van der Waals surface area (Å²) in [6.45, 7) is 1.79. The van der Waals surface area contributed by atoms with E-state index in [9.17, 15) is 14.0 Å². The highest BCUT2D eigenvalue weighted by Gasteiger charge is 2.43. The number of rotatable bonds is 4. The molecule has 144 valence electrons. The monoisotopic (exact) mass is 381 g/mol. The van der Waals surface area contributed by atoms with E-state index in [4.69, 9.17) is 4.42 Å². The molecule has 3 atom stereocenters. The van der Waals surface area contributed by atoms with Crippen molar-refractivity contribution in [2.24, 2.45) is 5.92 Å². The van der Waals surface area contributed by atoms with Gasteiger partial charge in [0.05, 0.1) is 12.0 Å². The van der Waals surface area contributed by atoms with Crippen LogP contribution in [0.2, 0.25) is 0 Å². The van der Waals surface area contributed by atoms with E-state index in [1.54, 1.807) is 31.0 Å². The van der Waals surface area contributed by atoms with Crippen LogP contribution < -0.4 is 5.32 Å².